The molecule has 0 saturated heterocycles. The molecule has 2 aromatic carbocycles. The van der Waals surface area contributed by atoms with E-state index in [4.69, 9.17) is 0 Å². The number of aromatic nitrogens is 3. The number of aryl methyl sites for hydroxylation is 2. The fraction of sp³-hybridized carbons (Fsp3) is 0.200. The fourth-order valence-electron chi connectivity index (χ4n) is 2.49. The number of H-pyrrole nitrogens is 1. The highest BCUT2D eigenvalue weighted by atomic mass is 32.2. The van der Waals surface area contributed by atoms with Crippen LogP contribution in [0.4, 0.5) is 5.69 Å². The number of aromatic amines is 1. The zero-order valence-corrected chi connectivity index (χ0v) is 16.2. The molecule has 138 valence electrons. The number of anilines is 1. The molecule has 0 unspecified atom stereocenters. The second-order valence-electron chi connectivity index (χ2n) is 6.26. The van der Waals surface area contributed by atoms with E-state index in [1.54, 1.807) is 0 Å². The van der Waals surface area contributed by atoms with Gasteiger partial charge in [-0.3, -0.25) is 14.6 Å². The first kappa shape index (κ1) is 18.8. The van der Waals surface area contributed by atoms with Crippen molar-refractivity contribution >= 4 is 23.4 Å². The van der Waals surface area contributed by atoms with Crippen molar-refractivity contribution in [3.63, 3.8) is 0 Å². The summed E-state index contributed by atoms with van der Waals surface area (Å²) in [4.78, 5) is 27.1. The standard InChI is InChI=1S/C20H20N4O2S/c1-12-7-9-15(10-8-12)18-19(26)22-20(24-23-18)27-11-17(25)21-16-6-4-5-13(2)14(16)3/h4-10H,11H2,1-3H3,(H,21,25)(H,22,24,26). The van der Waals surface area contributed by atoms with Crippen molar-refractivity contribution in [3.05, 3.63) is 69.5 Å². The van der Waals surface area contributed by atoms with Gasteiger partial charge in [-0.05, 0) is 38.0 Å². The Morgan fingerprint density at radius 2 is 1.81 bits per heavy atom. The molecule has 3 rings (SSSR count). The van der Waals surface area contributed by atoms with Crippen LogP contribution >= 0.6 is 11.8 Å². The first-order chi connectivity index (χ1) is 12.9. The van der Waals surface area contributed by atoms with Gasteiger partial charge in [-0.1, -0.05) is 53.7 Å². The number of nitrogens with one attached hydrogen (secondary N) is 2. The Bertz CT molecular complexity index is 1030. The molecule has 0 spiro atoms. The molecule has 1 aromatic heterocycles. The van der Waals surface area contributed by atoms with Gasteiger partial charge in [0.15, 0.2) is 10.9 Å². The summed E-state index contributed by atoms with van der Waals surface area (Å²) < 4.78 is 0. The van der Waals surface area contributed by atoms with E-state index in [1.165, 1.54) is 0 Å². The molecule has 0 aliphatic carbocycles. The lowest BCUT2D eigenvalue weighted by atomic mass is 10.1. The van der Waals surface area contributed by atoms with Gasteiger partial charge in [-0.25, -0.2) is 0 Å². The van der Waals surface area contributed by atoms with Crippen LogP contribution in [0.25, 0.3) is 11.3 Å². The van der Waals surface area contributed by atoms with Crippen LogP contribution in [0, 0.1) is 20.8 Å². The quantitative estimate of drug-likeness (QED) is 0.662. The lowest BCUT2D eigenvalue weighted by Crippen LogP contribution is -2.17. The van der Waals surface area contributed by atoms with Crippen molar-refractivity contribution < 1.29 is 4.79 Å². The van der Waals surface area contributed by atoms with Crippen molar-refractivity contribution in [2.45, 2.75) is 25.9 Å². The average Bonchev–Trinajstić information content (AvgIpc) is 2.65. The predicted octanol–water partition coefficient (Wildman–Crippen LogP) is 3.49. The number of hydrogen-bond donors (Lipinski definition) is 2. The number of carbonyl (C=O) groups excluding carboxylic acids is 1. The maximum Gasteiger partial charge on any atom is 0.278 e. The minimum Gasteiger partial charge on any atom is -0.325 e. The van der Waals surface area contributed by atoms with Crippen LogP contribution in [0.1, 0.15) is 16.7 Å². The summed E-state index contributed by atoms with van der Waals surface area (Å²) in [6, 6.07) is 13.3. The van der Waals surface area contributed by atoms with E-state index in [0.717, 1.165) is 34.1 Å². The number of hydrogen-bond acceptors (Lipinski definition) is 5. The predicted molar refractivity (Wildman–Crippen MR) is 108 cm³/mol. The van der Waals surface area contributed by atoms with Gasteiger partial charge in [0.1, 0.15) is 0 Å². The monoisotopic (exact) mass is 380 g/mol. The molecule has 0 atom stereocenters. The number of carbonyl (C=O) groups is 1. The molecule has 3 aromatic rings. The van der Waals surface area contributed by atoms with Crippen LogP contribution in [-0.4, -0.2) is 26.8 Å². The Labute approximate surface area is 161 Å². The topological polar surface area (TPSA) is 87.7 Å². The molecule has 0 fully saturated rings. The van der Waals surface area contributed by atoms with Crippen molar-refractivity contribution in [2.75, 3.05) is 11.1 Å². The summed E-state index contributed by atoms with van der Waals surface area (Å²) in [7, 11) is 0. The molecule has 0 aliphatic rings. The van der Waals surface area contributed by atoms with Gasteiger partial charge in [-0.15, -0.1) is 10.2 Å². The summed E-state index contributed by atoms with van der Waals surface area (Å²) in [5.74, 6) is -0.0408. The van der Waals surface area contributed by atoms with E-state index in [-0.39, 0.29) is 22.9 Å². The molecular formula is C20H20N4O2S. The second-order valence-corrected chi connectivity index (χ2v) is 7.22. The van der Waals surface area contributed by atoms with Crippen LogP contribution in [0.5, 0.6) is 0 Å². The Kier molecular flexibility index (Phi) is 5.71. The molecule has 0 radical (unpaired) electrons. The molecule has 6 nitrogen and oxygen atoms in total. The molecule has 1 heterocycles. The molecule has 0 aliphatic heterocycles. The number of nitrogens with zero attached hydrogens (tertiary/aromatic N) is 2. The van der Waals surface area contributed by atoms with Gasteiger partial charge in [0.25, 0.3) is 5.56 Å². The SMILES string of the molecule is Cc1ccc(-c2nnc(SCC(=O)Nc3cccc(C)c3C)[nH]c2=O)cc1. The number of benzene rings is 2. The minimum absolute atomic E-state index is 0.127. The van der Waals surface area contributed by atoms with E-state index < -0.39 is 0 Å². The highest BCUT2D eigenvalue weighted by Gasteiger charge is 2.11. The number of rotatable bonds is 5. The Hall–Kier alpha value is -2.93. The highest BCUT2D eigenvalue weighted by molar-refractivity contribution is 7.99. The van der Waals surface area contributed by atoms with Crippen molar-refractivity contribution in [1.82, 2.24) is 15.2 Å². The third-order valence-electron chi connectivity index (χ3n) is 4.22. The molecule has 0 saturated carbocycles. The van der Waals surface area contributed by atoms with Crippen molar-refractivity contribution in [3.8, 4) is 11.3 Å². The minimum atomic E-state index is -0.328. The number of thioether (sulfide) groups is 1. The van der Waals surface area contributed by atoms with Crippen LogP contribution in [0.2, 0.25) is 0 Å². The van der Waals surface area contributed by atoms with Crippen molar-refractivity contribution in [2.24, 2.45) is 0 Å². The van der Waals surface area contributed by atoms with Crippen LogP contribution in [0.3, 0.4) is 0 Å². The van der Waals surface area contributed by atoms with E-state index >= 15 is 0 Å². The van der Waals surface area contributed by atoms with Gasteiger partial charge < -0.3 is 5.32 Å². The number of amides is 1. The molecular weight excluding hydrogens is 360 g/mol. The average molecular weight is 380 g/mol. The van der Waals surface area contributed by atoms with Crippen LogP contribution in [-0.2, 0) is 4.79 Å². The van der Waals surface area contributed by atoms with Crippen molar-refractivity contribution in [1.29, 1.82) is 0 Å². The first-order valence-corrected chi connectivity index (χ1v) is 9.45. The smallest absolute Gasteiger partial charge is 0.278 e. The van der Waals surface area contributed by atoms with Gasteiger partial charge >= 0.3 is 0 Å². The van der Waals surface area contributed by atoms with Gasteiger partial charge in [0.05, 0.1) is 5.75 Å². The summed E-state index contributed by atoms with van der Waals surface area (Å²) in [6.45, 7) is 5.93. The molecule has 7 heteroatoms. The highest BCUT2D eigenvalue weighted by Crippen LogP contribution is 2.19. The maximum absolute atomic E-state index is 12.3. The summed E-state index contributed by atoms with van der Waals surface area (Å²) in [5.41, 5.74) is 4.68. The largest absolute Gasteiger partial charge is 0.325 e. The lowest BCUT2D eigenvalue weighted by molar-refractivity contribution is -0.113. The summed E-state index contributed by atoms with van der Waals surface area (Å²) in [6.07, 6.45) is 0. The van der Waals surface area contributed by atoms with Crippen LogP contribution < -0.4 is 10.9 Å². The third-order valence-corrected chi connectivity index (χ3v) is 5.08. The third kappa shape index (κ3) is 4.62. The fourth-order valence-corrected chi connectivity index (χ4v) is 3.10. The summed E-state index contributed by atoms with van der Waals surface area (Å²) in [5, 5.41) is 11.2. The lowest BCUT2D eigenvalue weighted by Gasteiger charge is -2.10. The second kappa shape index (κ2) is 8.18. The zero-order valence-electron chi connectivity index (χ0n) is 15.4. The Balaban J connectivity index is 1.65. The van der Waals surface area contributed by atoms with Gasteiger partial charge in [0, 0.05) is 11.3 Å². The van der Waals surface area contributed by atoms with E-state index in [9.17, 15) is 9.59 Å². The van der Waals surface area contributed by atoms with Gasteiger partial charge in [-0.2, -0.15) is 0 Å². The maximum atomic E-state index is 12.3. The molecule has 2 N–H and O–H groups in total. The summed E-state index contributed by atoms with van der Waals surface area (Å²) >= 11 is 1.14. The van der Waals surface area contributed by atoms with E-state index in [1.807, 2.05) is 63.2 Å². The van der Waals surface area contributed by atoms with Gasteiger partial charge in [0.2, 0.25) is 5.91 Å². The van der Waals surface area contributed by atoms with Crippen LogP contribution in [0.15, 0.2) is 52.4 Å². The van der Waals surface area contributed by atoms with E-state index in [0.29, 0.717) is 10.7 Å². The first-order valence-electron chi connectivity index (χ1n) is 8.47. The molecule has 0 bridgehead atoms. The zero-order chi connectivity index (χ0) is 19.4. The molecule has 1 amide bonds. The van der Waals surface area contributed by atoms with E-state index in [2.05, 4.69) is 20.5 Å². The normalized spacial score (nSPS) is 10.6. The Morgan fingerprint density at radius 3 is 2.52 bits per heavy atom. The Morgan fingerprint density at radius 1 is 1.07 bits per heavy atom. The molecule has 27 heavy (non-hydrogen) atoms.